The molecule has 1 aliphatic rings. The van der Waals surface area contributed by atoms with Crippen LogP contribution < -0.4 is 0 Å². The van der Waals surface area contributed by atoms with Crippen LogP contribution in [0, 0.1) is 11.8 Å². The maximum atomic E-state index is 12.3. The first kappa shape index (κ1) is 13.1. The van der Waals surface area contributed by atoms with Gasteiger partial charge in [0.2, 0.25) is 0 Å². The largest absolute Gasteiger partial charge is 0.481 e. The van der Waals surface area contributed by atoms with E-state index in [1.807, 2.05) is 30.3 Å². The number of carbonyl (C=O) groups excluding carboxylic acids is 1. The Kier molecular flexibility index (Phi) is 3.22. The van der Waals surface area contributed by atoms with Gasteiger partial charge < -0.3 is 10.0 Å². The molecule has 1 amide bonds. The molecule has 3 rings (SSSR count). The number of carbonyl (C=O) groups is 2. The third-order valence-corrected chi connectivity index (χ3v) is 5.03. The zero-order valence-electron chi connectivity index (χ0n) is 11.1. The molecule has 2 heterocycles. The van der Waals surface area contributed by atoms with Crippen molar-refractivity contribution in [2.24, 2.45) is 11.8 Å². The van der Waals surface area contributed by atoms with Gasteiger partial charge in [-0.3, -0.25) is 9.59 Å². The highest BCUT2D eigenvalue weighted by molar-refractivity contribution is 7.20. The lowest BCUT2D eigenvalue weighted by atomic mass is 9.87. The van der Waals surface area contributed by atoms with E-state index < -0.39 is 5.97 Å². The number of amides is 1. The molecule has 20 heavy (non-hydrogen) atoms. The Morgan fingerprint density at radius 1 is 1.35 bits per heavy atom. The Balaban J connectivity index is 1.70. The summed E-state index contributed by atoms with van der Waals surface area (Å²) in [5.74, 6) is -1.09. The van der Waals surface area contributed by atoms with E-state index in [4.69, 9.17) is 5.11 Å². The molecule has 0 aliphatic carbocycles. The van der Waals surface area contributed by atoms with Crippen LogP contribution in [0.5, 0.6) is 0 Å². The van der Waals surface area contributed by atoms with Gasteiger partial charge in [0.25, 0.3) is 5.91 Å². The first-order chi connectivity index (χ1) is 9.56. The van der Waals surface area contributed by atoms with Gasteiger partial charge in [-0.25, -0.2) is 0 Å². The molecule has 1 aliphatic heterocycles. The molecular weight excluding hydrogens is 274 g/mol. The number of hydrogen-bond acceptors (Lipinski definition) is 3. The van der Waals surface area contributed by atoms with Crippen molar-refractivity contribution < 1.29 is 14.7 Å². The Hall–Kier alpha value is -1.88. The number of nitrogens with zero attached hydrogens (tertiary/aromatic N) is 1. The molecule has 1 saturated heterocycles. The van der Waals surface area contributed by atoms with Crippen molar-refractivity contribution in [1.82, 2.24) is 4.90 Å². The standard InChI is InChI=1S/C15H15NO3S/c1-9(15(18)19)11-7-16(8-11)14(17)13-6-10-4-2-3-5-12(10)20-13/h2-6,9,11H,7-8H2,1H3,(H,18,19). The van der Waals surface area contributed by atoms with E-state index in [1.165, 1.54) is 11.3 Å². The van der Waals surface area contributed by atoms with Gasteiger partial charge in [0.05, 0.1) is 10.8 Å². The molecule has 1 unspecified atom stereocenters. The summed E-state index contributed by atoms with van der Waals surface area (Å²) in [6.45, 7) is 2.79. The second kappa shape index (κ2) is 4.90. The summed E-state index contributed by atoms with van der Waals surface area (Å²) in [6.07, 6.45) is 0. The normalized spacial score (nSPS) is 16.9. The monoisotopic (exact) mass is 289 g/mol. The minimum absolute atomic E-state index is 0.0139. The van der Waals surface area contributed by atoms with E-state index in [9.17, 15) is 9.59 Å². The summed E-state index contributed by atoms with van der Waals surface area (Å²) in [5, 5.41) is 10.0. The number of thiophene rings is 1. The highest BCUT2D eigenvalue weighted by Gasteiger charge is 2.37. The van der Waals surface area contributed by atoms with E-state index >= 15 is 0 Å². The van der Waals surface area contributed by atoms with E-state index in [-0.39, 0.29) is 17.7 Å². The molecule has 1 N–H and O–H groups in total. The molecule has 1 atom stereocenters. The maximum Gasteiger partial charge on any atom is 0.306 e. The molecule has 5 heteroatoms. The van der Waals surface area contributed by atoms with Gasteiger partial charge in [0.15, 0.2) is 0 Å². The number of carboxylic acids is 1. The second-order valence-electron chi connectivity index (χ2n) is 5.25. The van der Waals surface area contributed by atoms with Crippen molar-refractivity contribution in [3.05, 3.63) is 35.2 Å². The number of rotatable bonds is 3. The lowest BCUT2D eigenvalue weighted by Gasteiger charge is -2.40. The quantitative estimate of drug-likeness (QED) is 0.945. The predicted molar refractivity (Wildman–Crippen MR) is 78.0 cm³/mol. The number of hydrogen-bond donors (Lipinski definition) is 1. The highest BCUT2D eigenvalue weighted by Crippen LogP contribution is 2.30. The first-order valence-corrected chi connectivity index (χ1v) is 7.38. The molecule has 0 radical (unpaired) electrons. The lowest BCUT2D eigenvalue weighted by molar-refractivity contribution is -0.144. The van der Waals surface area contributed by atoms with Crippen LogP contribution >= 0.6 is 11.3 Å². The van der Waals surface area contributed by atoms with Crippen molar-refractivity contribution in [2.45, 2.75) is 6.92 Å². The summed E-state index contributed by atoms with van der Waals surface area (Å²) >= 11 is 1.49. The molecule has 0 spiro atoms. The van der Waals surface area contributed by atoms with Gasteiger partial charge in [-0.05, 0) is 17.5 Å². The maximum absolute atomic E-state index is 12.3. The van der Waals surface area contributed by atoms with Crippen molar-refractivity contribution in [3.8, 4) is 0 Å². The van der Waals surface area contributed by atoms with Crippen LogP contribution in [-0.2, 0) is 4.79 Å². The molecule has 1 fully saturated rings. The fourth-order valence-corrected chi connectivity index (χ4v) is 3.47. The van der Waals surface area contributed by atoms with Crippen molar-refractivity contribution >= 4 is 33.3 Å². The smallest absolute Gasteiger partial charge is 0.306 e. The fourth-order valence-electron chi connectivity index (χ4n) is 2.44. The molecular formula is C15H15NO3S. The third-order valence-electron chi connectivity index (χ3n) is 3.93. The lowest BCUT2D eigenvalue weighted by Crippen LogP contribution is -2.53. The summed E-state index contributed by atoms with van der Waals surface area (Å²) < 4.78 is 1.10. The van der Waals surface area contributed by atoms with Gasteiger partial charge in [0, 0.05) is 23.7 Å². The number of benzene rings is 1. The van der Waals surface area contributed by atoms with Crippen molar-refractivity contribution in [2.75, 3.05) is 13.1 Å². The number of aliphatic carboxylic acids is 1. The average Bonchev–Trinajstić information content (AvgIpc) is 2.80. The Bertz CT molecular complexity index is 640. The number of likely N-dealkylation sites (tertiary alicyclic amines) is 1. The Labute approximate surface area is 120 Å². The van der Waals surface area contributed by atoms with Crippen LogP contribution in [0.4, 0.5) is 0 Å². The van der Waals surface area contributed by atoms with Crippen LogP contribution in [-0.4, -0.2) is 35.0 Å². The van der Waals surface area contributed by atoms with Gasteiger partial charge in [-0.2, -0.15) is 0 Å². The van der Waals surface area contributed by atoms with Crippen molar-refractivity contribution in [1.29, 1.82) is 0 Å². The van der Waals surface area contributed by atoms with E-state index in [0.717, 1.165) is 15.0 Å². The third kappa shape index (κ3) is 2.18. The van der Waals surface area contributed by atoms with E-state index in [0.29, 0.717) is 13.1 Å². The average molecular weight is 289 g/mol. The van der Waals surface area contributed by atoms with Crippen LogP contribution in [0.1, 0.15) is 16.6 Å². The molecule has 1 aromatic carbocycles. The van der Waals surface area contributed by atoms with Gasteiger partial charge >= 0.3 is 5.97 Å². The number of carboxylic acid groups (broad SMARTS) is 1. The van der Waals surface area contributed by atoms with E-state index in [1.54, 1.807) is 11.8 Å². The minimum Gasteiger partial charge on any atom is -0.481 e. The minimum atomic E-state index is -0.788. The number of fused-ring (bicyclic) bond motifs is 1. The SMILES string of the molecule is CC(C(=O)O)C1CN(C(=O)c2cc3ccccc3s2)C1. The first-order valence-electron chi connectivity index (χ1n) is 6.57. The van der Waals surface area contributed by atoms with Gasteiger partial charge in [-0.1, -0.05) is 25.1 Å². The van der Waals surface area contributed by atoms with Crippen LogP contribution in [0.25, 0.3) is 10.1 Å². The Morgan fingerprint density at radius 3 is 2.70 bits per heavy atom. The molecule has 0 bridgehead atoms. The highest BCUT2D eigenvalue weighted by atomic mass is 32.1. The molecule has 1 aromatic heterocycles. The van der Waals surface area contributed by atoms with Gasteiger partial charge in [0.1, 0.15) is 0 Å². The molecule has 0 saturated carbocycles. The summed E-state index contributed by atoms with van der Waals surface area (Å²) in [4.78, 5) is 25.7. The summed E-state index contributed by atoms with van der Waals surface area (Å²) in [6, 6.07) is 9.82. The fraction of sp³-hybridized carbons (Fsp3) is 0.333. The predicted octanol–water partition coefficient (Wildman–Crippen LogP) is 2.69. The van der Waals surface area contributed by atoms with Crippen molar-refractivity contribution in [3.63, 3.8) is 0 Å². The molecule has 2 aromatic rings. The van der Waals surface area contributed by atoms with E-state index in [2.05, 4.69) is 0 Å². The van der Waals surface area contributed by atoms with Gasteiger partial charge in [-0.15, -0.1) is 11.3 Å². The van der Waals surface area contributed by atoms with Crippen LogP contribution in [0.15, 0.2) is 30.3 Å². The topological polar surface area (TPSA) is 57.6 Å². The van der Waals surface area contributed by atoms with Crippen LogP contribution in [0.2, 0.25) is 0 Å². The second-order valence-corrected chi connectivity index (χ2v) is 6.33. The molecule has 104 valence electrons. The summed E-state index contributed by atoms with van der Waals surface area (Å²) in [5.41, 5.74) is 0. The molecule has 4 nitrogen and oxygen atoms in total. The zero-order valence-corrected chi connectivity index (χ0v) is 11.9. The Morgan fingerprint density at radius 2 is 2.05 bits per heavy atom. The van der Waals surface area contributed by atoms with Crippen LogP contribution in [0.3, 0.4) is 0 Å². The zero-order chi connectivity index (χ0) is 14.3. The summed E-state index contributed by atoms with van der Waals surface area (Å²) in [7, 11) is 0.